The number of hydrogen-bond donors (Lipinski definition) is 4. The molecule has 2 aromatic rings. The minimum Gasteiger partial charge on any atom is -0.491 e. The van der Waals surface area contributed by atoms with Gasteiger partial charge in [-0.1, -0.05) is 24.3 Å². The van der Waals surface area contributed by atoms with Crippen molar-refractivity contribution in [3.8, 4) is 17.2 Å². The summed E-state index contributed by atoms with van der Waals surface area (Å²) in [4.78, 5) is 23.8. The molecule has 0 aliphatic carbocycles. The van der Waals surface area contributed by atoms with Crippen LogP contribution in [-0.4, -0.2) is 42.3 Å². The molecule has 3 rings (SSSR count). The number of fused-ring (bicyclic) bond motifs is 1. The van der Waals surface area contributed by atoms with E-state index in [0.717, 1.165) is 6.08 Å². The van der Waals surface area contributed by atoms with E-state index in [1.165, 1.54) is 11.6 Å². The highest BCUT2D eigenvalue weighted by atomic mass is 16.7. The Hall–Kier alpha value is -3.76. The van der Waals surface area contributed by atoms with Gasteiger partial charge in [-0.3, -0.25) is 15.3 Å². The molecule has 10 nitrogen and oxygen atoms in total. The number of anilines is 1. The van der Waals surface area contributed by atoms with Crippen LogP contribution in [0.15, 0.2) is 54.6 Å². The van der Waals surface area contributed by atoms with E-state index in [1.807, 2.05) is 0 Å². The molecule has 1 aliphatic rings. The molecule has 4 N–H and O–H groups in total. The van der Waals surface area contributed by atoms with Gasteiger partial charge in [0.15, 0.2) is 11.5 Å². The third kappa shape index (κ3) is 6.11. The van der Waals surface area contributed by atoms with Crippen molar-refractivity contribution in [1.29, 1.82) is 0 Å². The standard InChI is InChI=1S/C21H22N2O8/c24-10-11-28-16-5-2-1-4-15(16)17(6-3-7-20(25)23-27)31-21(26)22-14-8-9-18-19(12-14)30-13-29-18/h1-5,7-9,12,17,24,27H,6,10-11,13H2,(H,22,26)(H,23,25)/b7-3+/t17-/m0/s1. The van der Waals surface area contributed by atoms with Crippen molar-refractivity contribution in [2.75, 3.05) is 25.3 Å². The molecule has 0 fully saturated rings. The lowest BCUT2D eigenvalue weighted by Gasteiger charge is -2.20. The topological polar surface area (TPSA) is 136 Å². The van der Waals surface area contributed by atoms with Crippen LogP contribution < -0.4 is 25.0 Å². The zero-order valence-corrected chi connectivity index (χ0v) is 16.4. The largest absolute Gasteiger partial charge is 0.491 e. The molecule has 1 aliphatic heterocycles. The van der Waals surface area contributed by atoms with Gasteiger partial charge in [0.25, 0.3) is 5.91 Å². The van der Waals surface area contributed by atoms with E-state index in [-0.39, 0.29) is 26.4 Å². The summed E-state index contributed by atoms with van der Waals surface area (Å²) in [5.41, 5.74) is 2.49. The fourth-order valence-corrected chi connectivity index (χ4v) is 2.86. The van der Waals surface area contributed by atoms with Gasteiger partial charge in [0.1, 0.15) is 18.5 Å². The number of hydroxylamine groups is 1. The summed E-state index contributed by atoms with van der Waals surface area (Å²) >= 11 is 0. The maximum atomic E-state index is 12.5. The molecule has 2 amide bonds. The van der Waals surface area contributed by atoms with Gasteiger partial charge in [-0.2, -0.15) is 0 Å². The van der Waals surface area contributed by atoms with Gasteiger partial charge < -0.3 is 24.1 Å². The predicted octanol–water partition coefficient (Wildman–Crippen LogP) is 2.53. The Labute approximate surface area is 177 Å². The second-order valence-corrected chi connectivity index (χ2v) is 6.31. The molecule has 2 aromatic carbocycles. The molecule has 10 heteroatoms. The molecule has 0 radical (unpaired) electrons. The molecule has 31 heavy (non-hydrogen) atoms. The van der Waals surface area contributed by atoms with Crippen molar-refractivity contribution in [2.24, 2.45) is 0 Å². The highest BCUT2D eigenvalue weighted by molar-refractivity contribution is 5.86. The minimum absolute atomic E-state index is 0.0654. The van der Waals surface area contributed by atoms with Crippen molar-refractivity contribution in [3.63, 3.8) is 0 Å². The molecule has 164 valence electrons. The van der Waals surface area contributed by atoms with Gasteiger partial charge in [0, 0.05) is 29.8 Å². The Morgan fingerprint density at radius 2 is 1.97 bits per heavy atom. The van der Waals surface area contributed by atoms with Gasteiger partial charge in [-0.05, 0) is 18.2 Å². The quantitative estimate of drug-likeness (QED) is 0.271. The summed E-state index contributed by atoms with van der Waals surface area (Å²) in [6.45, 7) is 0.000595. The molecule has 0 aromatic heterocycles. The Morgan fingerprint density at radius 3 is 2.77 bits per heavy atom. The van der Waals surface area contributed by atoms with E-state index in [0.29, 0.717) is 28.5 Å². The second-order valence-electron chi connectivity index (χ2n) is 6.31. The van der Waals surface area contributed by atoms with Crippen LogP contribution in [0.5, 0.6) is 17.2 Å². The molecule has 0 unspecified atom stereocenters. The lowest BCUT2D eigenvalue weighted by atomic mass is 10.0. The highest BCUT2D eigenvalue weighted by Gasteiger charge is 2.21. The maximum absolute atomic E-state index is 12.5. The summed E-state index contributed by atoms with van der Waals surface area (Å²) in [5, 5.41) is 20.3. The first-order chi connectivity index (χ1) is 15.1. The monoisotopic (exact) mass is 430 g/mol. The number of para-hydroxylation sites is 1. The predicted molar refractivity (Wildman–Crippen MR) is 108 cm³/mol. The molecule has 1 heterocycles. The summed E-state index contributed by atoms with van der Waals surface area (Å²) in [5.74, 6) is 0.805. The normalized spacial score (nSPS) is 13.0. The van der Waals surface area contributed by atoms with E-state index in [9.17, 15) is 9.59 Å². The third-order valence-electron chi connectivity index (χ3n) is 4.21. The SMILES string of the molecule is O=C(/C=C/C[C@H](OC(=O)Nc1ccc2c(c1)OCO2)c1ccccc1OCCO)NO. The number of aliphatic hydroxyl groups excluding tert-OH is 1. The van der Waals surface area contributed by atoms with Crippen molar-refractivity contribution in [3.05, 3.63) is 60.2 Å². The van der Waals surface area contributed by atoms with Gasteiger partial charge in [-0.25, -0.2) is 10.3 Å². The zero-order valence-electron chi connectivity index (χ0n) is 16.4. The van der Waals surface area contributed by atoms with E-state index in [4.69, 9.17) is 29.3 Å². The number of ether oxygens (including phenoxy) is 4. The Bertz CT molecular complexity index is 947. The van der Waals surface area contributed by atoms with Crippen LogP contribution in [0.4, 0.5) is 10.5 Å². The number of rotatable bonds is 9. The van der Waals surface area contributed by atoms with Crippen molar-refractivity contribution < 1.29 is 38.9 Å². The molecular formula is C21H22N2O8. The zero-order chi connectivity index (χ0) is 22.1. The van der Waals surface area contributed by atoms with Gasteiger partial charge in [0.05, 0.1) is 6.61 Å². The minimum atomic E-state index is -0.813. The van der Waals surface area contributed by atoms with E-state index in [2.05, 4.69) is 5.32 Å². The second kappa shape index (κ2) is 10.9. The average Bonchev–Trinajstić information content (AvgIpc) is 3.25. The first-order valence-corrected chi connectivity index (χ1v) is 9.41. The lowest BCUT2D eigenvalue weighted by Crippen LogP contribution is -2.19. The van der Waals surface area contributed by atoms with Crippen molar-refractivity contribution in [1.82, 2.24) is 5.48 Å². The summed E-state index contributed by atoms with van der Waals surface area (Å²) < 4.78 is 21.7. The lowest BCUT2D eigenvalue weighted by molar-refractivity contribution is -0.124. The van der Waals surface area contributed by atoms with Gasteiger partial charge in [-0.15, -0.1) is 0 Å². The number of aliphatic hydroxyl groups is 1. The molecule has 1 atom stereocenters. The van der Waals surface area contributed by atoms with E-state index in [1.54, 1.807) is 42.5 Å². The number of benzene rings is 2. The number of amides is 2. The highest BCUT2D eigenvalue weighted by Crippen LogP contribution is 2.35. The Morgan fingerprint density at radius 1 is 1.16 bits per heavy atom. The van der Waals surface area contributed by atoms with Crippen LogP contribution in [0.1, 0.15) is 18.1 Å². The van der Waals surface area contributed by atoms with Crippen molar-refractivity contribution >= 4 is 17.7 Å². The summed E-state index contributed by atoms with van der Waals surface area (Å²) in [7, 11) is 0. The molecule has 0 bridgehead atoms. The van der Waals surface area contributed by atoms with Gasteiger partial charge >= 0.3 is 6.09 Å². The van der Waals surface area contributed by atoms with Crippen LogP contribution in [0.25, 0.3) is 0 Å². The van der Waals surface area contributed by atoms with E-state index >= 15 is 0 Å². The molecule has 0 saturated carbocycles. The first-order valence-electron chi connectivity index (χ1n) is 9.41. The maximum Gasteiger partial charge on any atom is 0.412 e. The Kier molecular flexibility index (Phi) is 7.68. The molecule has 0 saturated heterocycles. The number of carbonyl (C=O) groups excluding carboxylic acids is 2. The third-order valence-corrected chi connectivity index (χ3v) is 4.21. The van der Waals surface area contributed by atoms with Crippen molar-refractivity contribution in [2.45, 2.75) is 12.5 Å². The Balaban J connectivity index is 1.75. The van der Waals surface area contributed by atoms with Crippen LogP contribution in [0.2, 0.25) is 0 Å². The smallest absolute Gasteiger partial charge is 0.412 e. The molecule has 0 spiro atoms. The van der Waals surface area contributed by atoms with E-state index < -0.39 is 18.1 Å². The fraction of sp³-hybridized carbons (Fsp3) is 0.238. The van der Waals surface area contributed by atoms with Crippen LogP contribution in [-0.2, 0) is 9.53 Å². The van der Waals surface area contributed by atoms with Crippen LogP contribution in [0.3, 0.4) is 0 Å². The first kappa shape index (κ1) is 21.9. The molecular weight excluding hydrogens is 408 g/mol. The van der Waals surface area contributed by atoms with Crippen LogP contribution >= 0.6 is 0 Å². The summed E-state index contributed by atoms with van der Waals surface area (Å²) in [6, 6.07) is 11.8. The van der Waals surface area contributed by atoms with Crippen LogP contribution in [0, 0.1) is 0 Å². The number of carbonyl (C=O) groups is 2. The average molecular weight is 430 g/mol. The summed E-state index contributed by atoms with van der Waals surface area (Å²) in [6.07, 6.45) is 1.14. The fourth-order valence-electron chi connectivity index (χ4n) is 2.86. The number of nitrogens with one attached hydrogen (secondary N) is 2. The van der Waals surface area contributed by atoms with Gasteiger partial charge in [0.2, 0.25) is 6.79 Å². The number of hydrogen-bond acceptors (Lipinski definition) is 8.